The Morgan fingerprint density at radius 3 is 1.65 bits per heavy atom. The van der Waals surface area contributed by atoms with Crippen molar-refractivity contribution < 1.29 is 8.42 Å². The fourth-order valence-corrected chi connectivity index (χ4v) is 3.52. The lowest BCUT2D eigenvalue weighted by molar-refractivity contribution is 0.607. The second-order valence-corrected chi connectivity index (χ2v) is 7.93. The van der Waals surface area contributed by atoms with Crippen LogP contribution in [0.1, 0.15) is 23.6 Å². The Bertz CT molecular complexity index is 1010. The summed E-state index contributed by atoms with van der Waals surface area (Å²) in [7, 11) is -3.28. The number of sulfonamides is 1. The van der Waals surface area contributed by atoms with Crippen LogP contribution in [0.4, 0.5) is 5.69 Å². The second kappa shape index (κ2) is 7.58. The maximum Gasteiger partial charge on any atom is 0.229 e. The molecule has 3 aromatic carbocycles. The van der Waals surface area contributed by atoms with E-state index in [0.717, 1.165) is 28.5 Å². The Kier molecular flexibility index (Phi) is 5.24. The van der Waals surface area contributed by atoms with Crippen molar-refractivity contribution in [3.8, 4) is 0 Å². The van der Waals surface area contributed by atoms with Gasteiger partial charge in [0.15, 0.2) is 0 Å². The molecule has 0 fully saturated rings. The summed E-state index contributed by atoms with van der Waals surface area (Å²) in [5, 5.41) is 0. The summed E-state index contributed by atoms with van der Waals surface area (Å²) in [6, 6.07) is 27.9. The van der Waals surface area contributed by atoms with Gasteiger partial charge < -0.3 is 0 Å². The summed E-state index contributed by atoms with van der Waals surface area (Å²) in [5.41, 5.74) is 6.17. The van der Waals surface area contributed by atoms with Crippen molar-refractivity contribution in [3.05, 3.63) is 102 Å². The lowest BCUT2D eigenvalue weighted by atomic mass is 9.90. The first-order valence-electron chi connectivity index (χ1n) is 8.34. The van der Waals surface area contributed by atoms with E-state index in [-0.39, 0.29) is 0 Å². The summed E-state index contributed by atoms with van der Waals surface area (Å²) in [5.74, 6) is 0. The molecule has 0 saturated heterocycles. The average Bonchev–Trinajstić information content (AvgIpc) is 2.64. The number of allylic oxidation sites excluding steroid dienone is 1. The van der Waals surface area contributed by atoms with Gasteiger partial charge in [0.25, 0.3) is 0 Å². The molecule has 0 heterocycles. The topological polar surface area (TPSA) is 46.2 Å². The molecule has 4 heteroatoms. The number of rotatable bonds is 5. The van der Waals surface area contributed by atoms with Crippen molar-refractivity contribution in [3.63, 3.8) is 0 Å². The van der Waals surface area contributed by atoms with Crippen LogP contribution in [0, 0.1) is 0 Å². The van der Waals surface area contributed by atoms with Crippen molar-refractivity contribution in [2.45, 2.75) is 6.92 Å². The molecule has 0 spiro atoms. The minimum atomic E-state index is -3.28. The molecule has 0 atom stereocenters. The van der Waals surface area contributed by atoms with Gasteiger partial charge in [0.1, 0.15) is 0 Å². The van der Waals surface area contributed by atoms with Gasteiger partial charge >= 0.3 is 0 Å². The third kappa shape index (κ3) is 4.41. The molecule has 0 unspecified atom stereocenters. The van der Waals surface area contributed by atoms with Gasteiger partial charge in [0.2, 0.25) is 10.0 Å². The molecule has 0 aromatic heterocycles. The zero-order chi connectivity index (χ0) is 18.6. The molecule has 0 saturated carbocycles. The van der Waals surface area contributed by atoms with Gasteiger partial charge in [-0.15, -0.1) is 0 Å². The smallest absolute Gasteiger partial charge is 0.229 e. The molecular formula is C22H21NO2S. The number of nitrogens with one attached hydrogen (secondary N) is 1. The summed E-state index contributed by atoms with van der Waals surface area (Å²) >= 11 is 0. The molecule has 3 aromatic rings. The second-order valence-electron chi connectivity index (χ2n) is 6.18. The van der Waals surface area contributed by atoms with Gasteiger partial charge in [0, 0.05) is 5.69 Å². The Morgan fingerprint density at radius 2 is 1.15 bits per heavy atom. The molecule has 3 nitrogen and oxygen atoms in total. The van der Waals surface area contributed by atoms with E-state index in [1.54, 1.807) is 12.1 Å². The Hall–Kier alpha value is -2.85. The lowest BCUT2D eigenvalue weighted by Gasteiger charge is -2.15. The van der Waals surface area contributed by atoms with Gasteiger partial charge in [-0.2, -0.15) is 0 Å². The standard InChI is InChI=1S/C22H21NO2S/c1-17(18-9-5-3-6-10-18)22(19-11-7-4-8-12-19)20-13-15-21(16-14-20)23-26(2,24)25/h3-16,23H,1-2H3. The fraction of sp³-hybridized carbons (Fsp3) is 0.0909. The van der Waals surface area contributed by atoms with Crippen LogP contribution < -0.4 is 4.72 Å². The van der Waals surface area contributed by atoms with Gasteiger partial charge in [0.05, 0.1) is 6.26 Å². The zero-order valence-electron chi connectivity index (χ0n) is 14.8. The summed E-state index contributed by atoms with van der Waals surface area (Å²) in [4.78, 5) is 0. The highest BCUT2D eigenvalue weighted by Gasteiger charge is 2.11. The Labute approximate surface area is 155 Å². The summed E-state index contributed by atoms with van der Waals surface area (Å²) in [6.45, 7) is 2.11. The van der Waals surface area contributed by atoms with E-state index in [9.17, 15) is 8.42 Å². The van der Waals surface area contributed by atoms with E-state index < -0.39 is 10.0 Å². The maximum atomic E-state index is 11.4. The van der Waals surface area contributed by atoms with Gasteiger partial charge in [-0.25, -0.2) is 8.42 Å². The van der Waals surface area contributed by atoms with Crippen LogP contribution in [0.25, 0.3) is 11.1 Å². The normalized spacial score (nSPS) is 12.4. The minimum absolute atomic E-state index is 0.557. The zero-order valence-corrected chi connectivity index (χ0v) is 15.6. The van der Waals surface area contributed by atoms with Crippen LogP contribution in [0.15, 0.2) is 84.9 Å². The van der Waals surface area contributed by atoms with Crippen LogP contribution in [0.2, 0.25) is 0 Å². The maximum absolute atomic E-state index is 11.4. The molecule has 3 rings (SSSR count). The van der Waals surface area contributed by atoms with Crippen molar-refractivity contribution in [1.29, 1.82) is 0 Å². The molecule has 132 valence electrons. The Balaban J connectivity index is 2.10. The third-order valence-corrected chi connectivity index (χ3v) is 4.73. The molecule has 0 aliphatic carbocycles. The van der Waals surface area contributed by atoms with Crippen LogP contribution in [-0.4, -0.2) is 14.7 Å². The van der Waals surface area contributed by atoms with Crippen molar-refractivity contribution in [1.82, 2.24) is 0 Å². The molecular weight excluding hydrogens is 342 g/mol. The summed E-state index contributed by atoms with van der Waals surface area (Å²) in [6.07, 6.45) is 1.15. The predicted octanol–water partition coefficient (Wildman–Crippen LogP) is 5.04. The first-order valence-corrected chi connectivity index (χ1v) is 10.2. The fourth-order valence-electron chi connectivity index (χ4n) is 2.96. The van der Waals surface area contributed by atoms with E-state index >= 15 is 0 Å². The number of hydrogen-bond donors (Lipinski definition) is 1. The highest BCUT2D eigenvalue weighted by molar-refractivity contribution is 7.92. The highest BCUT2D eigenvalue weighted by Crippen LogP contribution is 2.32. The third-order valence-electron chi connectivity index (χ3n) is 4.12. The van der Waals surface area contributed by atoms with Gasteiger partial charge in [-0.1, -0.05) is 72.8 Å². The van der Waals surface area contributed by atoms with Crippen LogP contribution in [-0.2, 0) is 10.0 Å². The van der Waals surface area contributed by atoms with E-state index in [1.165, 1.54) is 5.57 Å². The average molecular weight is 363 g/mol. The predicted molar refractivity (Wildman–Crippen MR) is 109 cm³/mol. The van der Waals surface area contributed by atoms with Gasteiger partial charge in [-0.05, 0) is 46.9 Å². The molecule has 0 amide bonds. The largest absolute Gasteiger partial charge is 0.284 e. The first-order chi connectivity index (χ1) is 12.4. The van der Waals surface area contributed by atoms with Crippen molar-refractivity contribution >= 4 is 26.9 Å². The van der Waals surface area contributed by atoms with Crippen LogP contribution in [0.5, 0.6) is 0 Å². The van der Waals surface area contributed by atoms with E-state index in [1.807, 2.05) is 48.5 Å². The van der Waals surface area contributed by atoms with E-state index in [0.29, 0.717) is 5.69 Å². The highest BCUT2D eigenvalue weighted by atomic mass is 32.2. The number of anilines is 1. The van der Waals surface area contributed by atoms with E-state index in [4.69, 9.17) is 0 Å². The van der Waals surface area contributed by atoms with Crippen LogP contribution in [0.3, 0.4) is 0 Å². The van der Waals surface area contributed by atoms with Crippen LogP contribution >= 0.6 is 0 Å². The molecule has 26 heavy (non-hydrogen) atoms. The molecule has 0 aliphatic rings. The lowest BCUT2D eigenvalue weighted by Crippen LogP contribution is -2.09. The van der Waals surface area contributed by atoms with Gasteiger partial charge in [-0.3, -0.25) is 4.72 Å². The molecule has 0 bridgehead atoms. The van der Waals surface area contributed by atoms with Crippen molar-refractivity contribution in [2.75, 3.05) is 11.0 Å². The molecule has 0 radical (unpaired) electrons. The number of hydrogen-bond acceptors (Lipinski definition) is 2. The van der Waals surface area contributed by atoms with Crippen molar-refractivity contribution in [2.24, 2.45) is 0 Å². The first kappa shape index (κ1) is 18.0. The quantitative estimate of drug-likeness (QED) is 0.646. The minimum Gasteiger partial charge on any atom is -0.284 e. The number of benzene rings is 3. The van der Waals surface area contributed by atoms with E-state index in [2.05, 4.69) is 35.9 Å². The monoisotopic (exact) mass is 363 g/mol. The Morgan fingerprint density at radius 1 is 0.692 bits per heavy atom. The molecule has 1 N–H and O–H groups in total. The molecule has 0 aliphatic heterocycles. The SMILES string of the molecule is CC(=C(c1ccccc1)c1ccc(NS(C)(=O)=O)cc1)c1ccccc1. The summed E-state index contributed by atoms with van der Waals surface area (Å²) < 4.78 is 25.3.